The molecule has 1 aromatic heterocycles. The van der Waals surface area contributed by atoms with E-state index in [0.717, 1.165) is 27.3 Å². The molecule has 3 rings (SSSR count). The second kappa shape index (κ2) is 5.85. The van der Waals surface area contributed by atoms with Crippen LogP contribution in [0.25, 0.3) is 0 Å². The number of halogens is 2. The van der Waals surface area contributed by atoms with Gasteiger partial charge in [-0.05, 0) is 70.7 Å². The molecule has 1 unspecified atom stereocenters. The van der Waals surface area contributed by atoms with E-state index in [4.69, 9.17) is 4.42 Å². The highest BCUT2D eigenvalue weighted by Gasteiger charge is 2.21. The maximum absolute atomic E-state index is 13.4. The van der Waals surface area contributed by atoms with Crippen molar-refractivity contribution < 1.29 is 8.81 Å². The summed E-state index contributed by atoms with van der Waals surface area (Å²) in [6.45, 7) is 0.675. The third kappa shape index (κ3) is 3.14. The Kier molecular flexibility index (Phi) is 4.14. The molecule has 0 saturated carbocycles. The predicted octanol–water partition coefficient (Wildman–Crippen LogP) is 4.35. The zero-order chi connectivity index (χ0) is 13.2. The van der Waals surface area contributed by atoms with E-state index >= 15 is 0 Å². The summed E-state index contributed by atoms with van der Waals surface area (Å²) < 4.78 is 19.8. The Morgan fingerprint density at radius 2 is 2.26 bits per heavy atom. The number of nitrogens with one attached hydrogen (secondary N) is 1. The van der Waals surface area contributed by atoms with Crippen LogP contribution in [0.15, 0.2) is 39.6 Å². The van der Waals surface area contributed by atoms with Crippen molar-refractivity contribution in [2.75, 3.05) is 5.75 Å². The molecule has 5 heteroatoms. The van der Waals surface area contributed by atoms with E-state index in [1.807, 2.05) is 18.2 Å². The van der Waals surface area contributed by atoms with Gasteiger partial charge in [-0.2, -0.15) is 0 Å². The van der Waals surface area contributed by atoms with Crippen molar-refractivity contribution in [3.05, 3.63) is 51.2 Å². The molecule has 2 nitrogen and oxygen atoms in total. The van der Waals surface area contributed by atoms with E-state index in [1.54, 1.807) is 17.8 Å². The number of fused-ring (bicyclic) bond motifs is 1. The van der Waals surface area contributed by atoms with Gasteiger partial charge in [0, 0.05) is 10.9 Å². The molecule has 100 valence electrons. The Hall–Kier alpha value is -0.530. The number of hydrogen-bond donors (Lipinski definition) is 1. The first kappa shape index (κ1) is 13.5. The molecular formula is C14H13FINOS. The molecule has 1 aromatic carbocycles. The van der Waals surface area contributed by atoms with Crippen LogP contribution in [0.2, 0.25) is 0 Å². The van der Waals surface area contributed by atoms with Gasteiger partial charge in [0.15, 0.2) is 3.77 Å². The summed E-state index contributed by atoms with van der Waals surface area (Å²) in [5.74, 6) is 1.81. The summed E-state index contributed by atoms with van der Waals surface area (Å²) in [7, 11) is 0. The zero-order valence-electron chi connectivity index (χ0n) is 10.2. The molecule has 0 amide bonds. The predicted molar refractivity (Wildman–Crippen MR) is 82.7 cm³/mol. The highest BCUT2D eigenvalue weighted by atomic mass is 127. The Morgan fingerprint density at radius 3 is 3.05 bits per heavy atom. The monoisotopic (exact) mass is 389 g/mol. The Labute approximate surface area is 129 Å². The first-order chi connectivity index (χ1) is 9.22. The minimum absolute atomic E-state index is 0.166. The lowest BCUT2D eigenvalue weighted by Gasteiger charge is -2.25. The lowest BCUT2D eigenvalue weighted by atomic mass is 10.0. The Balaban J connectivity index is 1.74. The maximum atomic E-state index is 13.4. The standard InChI is InChI=1S/C14H13FINOS/c15-9-1-3-13-11(7-9)12(5-6-19-13)17-8-10-2-4-14(16)18-10/h1-4,7,12,17H,5-6,8H2. The van der Waals surface area contributed by atoms with Gasteiger partial charge in [-0.25, -0.2) is 4.39 Å². The number of furan rings is 1. The number of benzene rings is 1. The van der Waals surface area contributed by atoms with Crippen LogP contribution in [0, 0.1) is 9.58 Å². The molecule has 19 heavy (non-hydrogen) atoms. The van der Waals surface area contributed by atoms with E-state index in [9.17, 15) is 4.39 Å². The minimum atomic E-state index is -0.166. The van der Waals surface area contributed by atoms with Gasteiger partial charge in [-0.3, -0.25) is 0 Å². The number of hydrogen-bond acceptors (Lipinski definition) is 3. The zero-order valence-corrected chi connectivity index (χ0v) is 13.1. The highest BCUT2D eigenvalue weighted by molar-refractivity contribution is 14.1. The normalized spacial score (nSPS) is 18.3. The van der Waals surface area contributed by atoms with E-state index in [-0.39, 0.29) is 11.9 Å². The van der Waals surface area contributed by atoms with Crippen LogP contribution >= 0.6 is 34.4 Å². The first-order valence-corrected chi connectivity index (χ1v) is 8.18. The fourth-order valence-electron chi connectivity index (χ4n) is 2.25. The quantitative estimate of drug-likeness (QED) is 0.791. The summed E-state index contributed by atoms with van der Waals surface area (Å²) in [6.07, 6.45) is 1.01. The molecule has 2 aromatic rings. The van der Waals surface area contributed by atoms with E-state index in [1.165, 1.54) is 11.0 Å². The molecule has 0 radical (unpaired) electrons. The average molecular weight is 389 g/mol. The van der Waals surface area contributed by atoms with Crippen LogP contribution in [0.4, 0.5) is 4.39 Å². The van der Waals surface area contributed by atoms with Crippen molar-refractivity contribution in [3.8, 4) is 0 Å². The van der Waals surface area contributed by atoms with Gasteiger partial charge in [-0.1, -0.05) is 0 Å². The van der Waals surface area contributed by atoms with Crippen LogP contribution in [-0.2, 0) is 6.54 Å². The Morgan fingerprint density at radius 1 is 1.37 bits per heavy atom. The van der Waals surface area contributed by atoms with Gasteiger partial charge in [0.25, 0.3) is 0 Å². The molecule has 0 aliphatic carbocycles. The van der Waals surface area contributed by atoms with Gasteiger partial charge in [0.2, 0.25) is 0 Å². The Bertz CT molecular complexity index is 587. The number of rotatable bonds is 3. The van der Waals surface area contributed by atoms with Crippen LogP contribution in [-0.4, -0.2) is 5.75 Å². The van der Waals surface area contributed by atoms with Gasteiger partial charge in [0.1, 0.15) is 11.6 Å². The first-order valence-electron chi connectivity index (χ1n) is 6.12. The molecule has 1 aliphatic rings. The largest absolute Gasteiger partial charge is 0.454 e. The molecule has 1 atom stereocenters. The van der Waals surface area contributed by atoms with Gasteiger partial charge in [0.05, 0.1) is 6.54 Å². The van der Waals surface area contributed by atoms with Crippen LogP contribution in [0.3, 0.4) is 0 Å². The van der Waals surface area contributed by atoms with E-state index in [0.29, 0.717) is 6.54 Å². The molecule has 1 N–H and O–H groups in total. The average Bonchev–Trinajstić information content (AvgIpc) is 2.82. The fraction of sp³-hybridized carbons (Fsp3) is 0.286. The molecule has 0 bridgehead atoms. The SMILES string of the molecule is Fc1ccc2c(c1)C(NCc1ccc(I)o1)CCS2. The van der Waals surface area contributed by atoms with E-state index < -0.39 is 0 Å². The fourth-order valence-corrected chi connectivity index (χ4v) is 3.82. The highest BCUT2D eigenvalue weighted by Crippen LogP contribution is 2.36. The van der Waals surface area contributed by atoms with Crippen molar-refractivity contribution >= 4 is 34.4 Å². The summed E-state index contributed by atoms with van der Waals surface area (Å²) in [6, 6.07) is 9.17. The second-order valence-electron chi connectivity index (χ2n) is 4.46. The lowest BCUT2D eigenvalue weighted by Crippen LogP contribution is -2.24. The maximum Gasteiger partial charge on any atom is 0.164 e. The van der Waals surface area contributed by atoms with Crippen LogP contribution in [0.5, 0.6) is 0 Å². The topological polar surface area (TPSA) is 25.2 Å². The molecule has 0 spiro atoms. The molecule has 0 saturated heterocycles. The van der Waals surface area contributed by atoms with Crippen molar-refractivity contribution in [1.82, 2.24) is 5.32 Å². The molecule has 0 fully saturated rings. The molecule has 2 heterocycles. The molecule has 1 aliphatic heterocycles. The van der Waals surface area contributed by atoms with Gasteiger partial charge in [-0.15, -0.1) is 11.8 Å². The third-order valence-electron chi connectivity index (χ3n) is 3.16. The number of thioether (sulfide) groups is 1. The van der Waals surface area contributed by atoms with Crippen molar-refractivity contribution in [3.63, 3.8) is 0 Å². The third-order valence-corrected chi connectivity index (χ3v) is 4.87. The van der Waals surface area contributed by atoms with Gasteiger partial charge >= 0.3 is 0 Å². The second-order valence-corrected chi connectivity index (χ2v) is 6.66. The van der Waals surface area contributed by atoms with Crippen molar-refractivity contribution in [2.45, 2.75) is 23.9 Å². The lowest BCUT2D eigenvalue weighted by molar-refractivity contribution is 0.427. The van der Waals surface area contributed by atoms with Crippen molar-refractivity contribution in [1.29, 1.82) is 0 Å². The smallest absolute Gasteiger partial charge is 0.164 e. The van der Waals surface area contributed by atoms with Crippen LogP contribution in [0.1, 0.15) is 23.8 Å². The molecular weight excluding hydrogens is 376 g/mol. The summed E-state index contributed by atoms with van der Waals surface area (Å²) in [5.41, 5.74) is 1.07. The summed E-state index contributed by atoms with van der Waals surface area (Å²) >= 11 is 3.95. The summed E-state index contributed by atoms with van der Waals surface area (Å²) in [4.78, 5) is 1.18. The van der Waals surface area contributed by atoms with Crippen LogP contribution < -0.4 is 5.32 Å². The van der Waals surface area contributed by atoms with Crippen molar-refractivity contribution in [2.24, 2.45) is 0 Å². The van der Waals surface area contributed by atoms with Gasteiger partial charge < -0.3 is 9.73 Å². The minimum Gasteiger partial charge on any atom is -0.454 e. The van der Waals surface area contributed by atoms with E-state index in [2.05, 4.69) is 27.9 Å². The summed E-state index contributed by atoms with van der Waals surface area (Å²) in [5, 5.41) is 3.46.